The molecule has 1 saturated heterocycles. The van der Waals surface area contributed by atoms with E-state index in [-0.39, 0.29) is 11.7 Å². The molecular weight excluding hydrogens is 235 g/mol. The number of aliphatic hydroxyl groups excluding tert-OH is 1. The highest BCUT2D eigenvalue weighted by atomic mass is 19.1. The van der Waals surface area contributed by atoms with Crippen molar-refractivity contribution in [3.63, 3.8) is 0 Å². The standard InChI is InChI=1S/C14H15FO3/c15-11-3-4-12-10(6-11)7-13(18-12)14(16)9-2-1-5-17-8-9/h3-4,6-7,9,14,16H,1-2,5,8H2. The smallest absolute Gasteiger partial charge is 0.134 e. The maximum Gasteiger partial charge on any atom is 0.134 e. The number of benzene rings is 1. The molecule has 0 bridgehead atoms. The number of hydrogen-bond donors (Lipinski definition) is 1. The lowest BCUT2D eigenvalue weighted by Gasteiger charge is -2.25. The van der Waals surface area contributed by atoms with Gasteiger partial charge in [-0.2, -0.15) is 0 Å². The maximum atomic E-state index is 13.1. The van der Waals surface area contributed by atoms with Crippen molar-refractivity contribution in [1.29, 1.82) is 0 Å². The minimum atomic E-state index is -0.680. The Balaban J connectivity index is 1.88. The molecule has 0 aliphatic carbocycles. The average Bonchev–Trinajstić information content (AvgIpc) is 2.81. The number of hydrogen-bond acceptors (Lipinski definition) is 3. The lowest BCUT2D eigenvalue weighted by Crippen LogP contribution is -2.23. The van der Waals surface area contributed by atoms with Gasteiger partial charge in [-0.15, -0.1) is 0 Å². The minimum Gasteiger partial charge on any atom is -0.458 e. The molecule has 96 valence electrons. The summed E-state index contributed by atoms with van der Waals surface area (Å²) in [5, 5.41) is 10.9. The zero-order chi connectivity index (χ0) is 12.5. The summed E-state index contributed by atoms with van der Waals surface area (Å²) >= 11 is 0. The Bertz CT molecular complexity index is 543. The van der Waals surface area contributed by atoms with Crippen molar-refractivity contribution in [2.45, 2.75) is 18.9 Å². The minimum absolute atomic E-state index is 0.0594. The van der Waals surface area contributed by atoms with Crippen LogP contribution in [0.15, 0.2) is 28.7 Å². The summed E-state index contributed by atoms with van der Waals surface area (Å²) in [7, 11) is 0. The first kappa shape index (κ1) is 11.7. The van der Waals surface area contributed by atoms with Crippen LogP contribution in [0.4, 0.5) is 4.39 Å². The van der Waals surface area contributed by atoms with Gasteiger partial charge in [0.05, 0.1) is 6.61 Å². The molecule has 0 spiro atoms. The van der Waals surface area contributed by atoms with E-state index in [1.54, 1.807) is 12.1 Å². The van der Waals surface area contributed by atoms with Crippen LogP contribution in [0.25, 0.3) is 11.0 Å². The molecule has 2 aromatic rings. The van der Waals surface area contributed by atoms with Gasteiger partial charge in [-0.3, -0.25) is 0 Å². The Hall–Kier alpha value is -1.39. The molecular formula is C14H15FO3. The summed E-state index contributed by atoms with van der Waals surface area (Å²) in [6, 6.07) is 6.05. The van der Waals surface area contributed by atoms with Gasteiger partial charge in [-0.1, -0.05) is 0 Å². The summed E-state index contributed by atoms with van der Waals surface area (Å²) in [4.78, 5) is 0. The third kappa shape index (κ3) is 2.13. The summed E-state index contributed by atoms with van der Waals surface area (Å²) < 4.78 is 24.0. The van der Waals surface area contributed by atoms with Gasteiger partial charge < -0.3 is 14.3 Å². The molecule has 3 nitrogen and oxygen atoms in total. The number of fused-ring (bicyclic) bond motifs is 1. The van der Waals surface area contributed by atoms with Crippen LogP contribution in [-0.2, 0) is 4.74 Å². The van der Waals surface area contributed by atoms with E-state index in [0.717, 1.165) is 19.4 Å². The van der Waals surface area contributed by atoms with Gasteiger partial charge in [0.2, 0.25) is 0 Å². The molecule has 18 heavy (non-hydrogen) atoms. The van der Waals surface area contributed by atoms with Crippen LogP contribution in [-0.4, -0.2) is 18.3 Å². The highest BCUT2D eigenvalue weighted by Crippen LogP contribution is 2.32. The van der Waals surface area contributed by atoms with Gasteiger partial charge in [-0.05, 0) is 37.1 Å². The number of halogens is 1. The third-order valence-electron chi connectivity index (χ3n) is 3.43. The quantitative estimate of drug-likeness (QED) is 0.890. The fourth-order valence-electron chi connectivity index (χ4n) is 2.43. The molecule has 1 aromatic carbocycles. The van der Waals surface area contributed by atoms with E-state index in [9.17, 15) is 9.50 Å². The molecule has 1 fully saturated rings. The van der Waals surface area contributed by atoms with Crippen LogP contribution in [0, 0.1) is 11.7 Å². The van der Waals surface area contributed by atoms with Crippen molar-refractivity contribution < 1.29 is 18.7 Å². The average molecular weight is 250 g/mol. The van der Waals surface area contributed by atoms with Gasteiger partial charge >= 0.3 is 0 Å². The second-order valence-corrected chi connectivity index (χ2v) is 4.75. The molecule has 0 radical (unpaired) electrons. The van der Waals surface area contributed by atoms with E-state index in [1.807, 2.05) is 0 Å². The van der Waals surface area contributed by atoms with E-state index in [4.69, 9.17) is 9.15 Å². The Labute approximate surface area is 104 Å². The second kappa shape index (κ2) is 4.71. The van der Waals surface area contributed by atoms with E-state index < -0.39 is 6.10 Å². The maximum absolute atomic E-state index is 13.1. The van der Waals surface area contributed by atoms with E-state index in [2.05, 4.69) is 0 Å². The molecule has 1 N–H and O–H groups in total. The van der Waals surface area contributed by atoms with Crippen molar-refractivity contribution in [1.82, 2.24) is 0 Å². The number of furan rings is 1. The normalized spacial score (nSPS) is 22.2. The molecule has 2 atom stereocenters. The van der Waals surface area contributed by atoms with Gasteiger partial charge in [0.1, 0.15) is 23.3 Å². The van der Waals surface area contributed by atoms with Crippen molar-refractivity contribution in [3.8, 4) is 0 Å². The first-order valence-corrected chi connectivity index (χ1v) is 6.19. The lowest BCUT2D eigenvalue weighted by molar-refractivity contribution is -0.0173. The van der Waals surface area contributed by atoms with Crippen LogP contribution >= 0.6 is 0 Å². The second-order valence-electron chi connectivity index (χ2n) is 4.75. The van der Waals surface area contributed by atoms with E-state index in [1.165, 1.54) is 12.1 Å². The molecule has 0 amide bonds. The summed E-state index contributed by atoms with van der Waals surface area (Å²) in [5.41, 5.74) is 0.599. The predicted octanol–water partition coefficient (Wildman–Crippen LogP) is 3.03. The Morgan fingerprint density at radius 2 is 2.22 bits per heavy atom. The molecule has 0 saturated carbocycles. The van der Waals surface area contributed by atoms with E-state index >= 15 is 0 Å². The van der Waals surface area contributed by atoms with E-state index in [0.29, 0.717) is 23.3 Å². The zero-order valence-electron chi connectivity index (χ0n) is 9.93. The van der Waals surface area contributed by atoms with Crippen molar-refractivity contribution >= 4 is 11.0 Å². The highest BCUT2D eigenvalue weighted by molar-refractivity contribution is 5.77. The summed E-state index contributed by atoms with van der Waals surface area (Å²) in [5.74, 6) is 0.251. The fraction of sp³-hybridized carbons (Fsp3) is 0.429. The topological polar surface area (TPSA) is 42.6 Å². The predicted molar refractivity (Wildman–Crippen MR) is 64.7 cm³/mol. The SMILES string of the molecule is OC(c1cc2cc(F)ccc2o1)C1CCCOC1. The Kier molecular flexibility index (Phi) is 3.06. The molecule has 4 heteroatoms. The first-order valence-electron chi connectivity index (χ1n) is 6.19. The third-order valence-corrected chi connectivity index (χ3v) is 3.43. The van der Waals surface area contributed by atoms with Crippen molar-refractivity contribution in [3.05, 3.63) is 35.8 Å². The molecule has 2 heterocycles. The molecule has 2 unspecified atom stereocenters. The van der Waals surface area contributed by atoms with Crippen molar-refractivity contribution in [2.75, 3.05) is 13.2 Å². The lowest BCUT2D eigenvalue weighted by atomic mass is 9.94. The molecule has 1 aliphatic rings. The van der Waals surface area contributed by atoms with Crippen LogP contribution in [0.2, 0.25) is 0 Å². The monoisotopic (exact) mass is 250 g/mol. The van der Waals surface area contributed by atoms with Gasteiger partial charge in [0, 0.05) is 17.9 Å². The van der Waals surface area contributed by atoms with Crippen LogP contribution < -0.4 is 0 Å². The van der Waals surface area contributed by atoms with Gasteiger partial charge in [-0.25, -0.2) is 4.39 Å². The number of rotatable bonds is 2. The van der Waals surface area contributed by atoms with Crippen LogP contribution in [0.3, 0.4) is 0 Å². The molecule has 1 aliphatic heterocycles. The fourth-order valence-corrected chi connectivity index (χ4v) is 2.43. The van der Waals surface area contributed by atoms with Gasteiger partial charge in [0.25, 0.3) is 0 Å². The van der Waals surface area contributed by atoms with Crippen LogP contribution in [0.1, 0.15) is 24.7 Å². The number of aliphatic hydroxyl groups is 1. The summed E-state index contributed by atoms with van der Waals surface area (Å²) in [6.45, 7) is 1.31. The number of ether oxygens (including phenoxy) is 1. The molecule has 3 rings (SSSR count). The largest absolute Gasteiger partial charge is 0.458 e. The zero-order valence-corrected chi connectivity index (χ0v) is 9.93. The highest BCUT2D eigenvalue weighted by Gasteiger charge is 2.26. The van der Waals surface area contributed by atoms with Crippen LogP contribution in [0.5, 0.6) is 0 Å². The summed E-state index contributed by atoms with van der Waals surface area (Å²) in [6.07, 6.45) is 1.20. The van der Waals surface area contributed by atoms with Gasteiger partial charge in [0.15, 0.2) is 0 Å². The Morgan fingerprint density at radius 1 is 1.33 bits per heavy atom. The molecule has 1 aromatic heterocycles. The first-order chi connectivity index (χ1) is 8.74. The Morgan fingerprint density at radius 3 is 3.00 bits per heavy atom. The van der Waals surface area contributed by atoms with Crippen molar-refractivity contribution in [2.24, 2.45) is 5.92 Å².